The van der Waals surface area contributed by atoms with Crippen molar-refractivity contribution in [3.8, 4) is 0 Å². The van der Waals surface area contributed by atoms with E-state index in [-0.39, 0.29) is 5.91 Å². The maximum absolute atomic E-state index is 12.5. The SMILES string of the molecule is CCc1cccc(CC)c1NC(=O)c1ccc(Cl)cc1Br. The van der Waals surface area contributed by atoms with Crippen LogP contribution in [-0.4, -0.2) is 5.91 Å². The van der Waals surface area contributed by atoms with Gasteiger partial charge in [0.05, 0.1) is 5.56 Å². The maximum Gasteiger partial charge on any atom is 0.256 e. The highest BCUT2D eigenvalue weighted by atomic mass is 79.9. The Labute approximate surface area is 138 Å². The van der Waals surface area contributed by atoms with Gasteiger partial charge >= 0.3 is 0 Å². The molecular formula is C17H17BrClNO. The van der Waals surface area contributed by atoms with Crippen molar-refractivity contribution in [1.29, 1.82) is 0 Å². The molecule has 0 bridgehead atoms. The molecule has 1 N–H and O–H groups in total. The fraction of sp³-hybridized carbons (Fsp3) is 0.235. The Morgan fingerprint density at radius 2 is 1.76 bits per heavy atom. The highest BCUT2D eigenvalue weighted by Gasteiger charge is 2.14. The molecule has 0 atom stereocenters. The summed E-state index contributed by atoms with van der Waals surface area (Å²) >= 11 is 9.30. The Morgan fingerprint density at radius 1 is 1.14 bits per heavy atom. The number of nitrogens with one attached hydrogen (secondary N) is 1. The second-order valence-electron chi connectivity index (χ2n) is 4.74. The molecule has 21 heavy (non-hydrogen) atoms. The lowest BCUT2D eigenvalue weighted by Gasteiger charge is -2.15. The molecule has 2 nitrogen and oxygen atoms in total. The smallest absolute Gasteiger partial charge is 0.256 e. The van der Waals surface area contributed by atoms with E-state index in [1.807, 2.05) is 18.2 Å². The van der Waals surface area contributed by atoms with E-state index in [1.165, 1.54) is 0 Å². The first-order valence-corrected chi connectivity index (χ1v) is 8.11. The number of aryl methyl sites for hydroxylation is 2. The van der Waals surface area contributed by atoms with Crippen LogP contribution in [-0.2, 0) is 12.8 Å². The van der Waals surface area contributed by atoms with Gasteiger partial charge in [0.1, 0.15) is 0 Å². The molecule has 2 aromatic rings. The molecule has 2 aromatic carbocycles. The minimum atomic E-state index is -0.130. The first-order valence-electron chi connectivity index (χ1n) is 6.94. The molecule has 0 aromatic heterocycles. The van der Waals surface area contributed by atoms with Crippen LogP contribution in [0.2, 0.25) is 5.02 Å². The highest BCUT2D eigenvalue weighted by Crippen LogP contribution is 2.26. The van der Waals surface area contributed by atoms with Gasteiger partial charge in [-0.15, -0.1) is 0 Å². The molecule has 110 valence electrons. The summed E-state index contributed by atoms with van der Waals surface area (Å²) < 4.78 is 0.694. The topological polar surface area (TPSA) is 29.1 Å². The Kier molecular flexibility index (Phi) is 5.43. The molecule has 0 heterocycles. The minimum Gasteiger partial charge on any atom is -0.321 e. The van der Waals surface area contributed by atoms with Gasteiger partial charge in [-0.2, -0.15) is 0 Å². The van der Waals surface area contributed by atoms with E-state index in [1.54, 1.807) is 18.2 Å². The molecule has 4 heteroatoms. The third-order valence-electron chi connectivity index (χ3n) is 3.41. The van der Waals surface area contributed by atoms with E-state index in [0.29, 0.717) is 15.1 Å². The van der Waals surface area contributed by atoms with Crippen molar-refractivity contribution in [3.05, 3.63) is 62.6 Å². The van der Waals surface area contributed by atoms with Crippen LogP contribution in [0, 0.1) is 0 Å². The van der Waals surface area contributed by atoms with Crippen LogP contribution in [0.15, 0.2) is 40.9 Å². The summed E-state index contributed by atoms with van der Waals surface area (Å²) in [5, 5.41) is 3.64. The summed E-state index contributed by atoms with van der Waals surface area (Å²) in [5.74, 6) is -0.130. The van der Waals surface area contributed by atoms with Gasteiger partial charge in [-0.05, 0) is 58.1 Å². The molecule has 0 aliphatic carbocycles. The van der Waals surface area contributed by atoms with Crippen LogP contribution in [0.3, 0.4) is 0 Å². The molecule has 0 saturated carbocycles. The van der Waals surface area contributed by atoms with Crippen molar-refractivity contribution in [1.82, 2.24) is 0 Å². The number of para-hydroxylation sites is 1. The lowest BCUT2D eigenvalue weighted by atomic mass is 10.0. The summed E-state index contributed by atoms with van der Waals surface area (Å²) in [7, 11) is 0. The van der Waals surface area contributed by atoms with E-state index in [0.717, 1.165) is 29.7 Å². The van der Waals surface area contributed by atoms with Crippen molar-refractivity contribution >= 4 is 39.1 Å². The first kappa shape index (κ1) is 16.1. The summed E-state index contributed by atoms with van der Waals surface area (Å²) in [4.78, 5) is 12.5. The van der Waals surface area contributed by atoms with Crippen LogP contribution in [0.5, 0.6) is 0 Å². The van der Waals surface area contributed by atoms with Crippen LogP contribution in [0.4, 0.5) is 5.69 Å². The average Bonchev–Trinajstić information content (AvgIpc) is 2.47. The predicted molar refractivity (Wildman–Crippen MR) is 92.3 cm³/mol. The first-order chi connectivity index (χ1) is 10.1. The molecule has 0 fully saturated rings. The zero-order valence-electron chi connectivity index (χ0n) is 12.0. The summed E-state index contributed by atoms with van der Waals surface area (Å²) in [6, 6.07) is 11.3. The molecule has 0 aliphatic heterocycles. The molecule has 2 rings (SSSR count). The zero-order valence-corrected chi connectivity index (χ0v) is 14.4. The van der Waals surface area contributed by atoms with E-state index < -0.39 is 0 Å². The standard InChI is InChI=1S/C17H17BrClNO/c1-3-11-6-5-7-12(4-2)16(11)20-17(21)14-9-8-13(19)10-15(14)18/h5-10H,3-4H2,1-2H3,(H,20,21). The van der Waals surface area contributed by atoms with Gasteiger partial charge in [0.2, 0.25) is 0 Å². The third kappa shape index (κ3) is 3.66. The Morgan fingerprint density at radius 3 is 2.29 bits per heavy atom. The zero-order chi connectivity index (χ0) is 15.4. The fourth-order valence-electron chi connectivity index (χ4n) is 2.26. The number of amides is 1. The van der Waals surface area contributed by atoms with E-state index in [4.69, 9.17) is 11.6 Å². The number of rotatable bonds is 4. The number of anilines is 1. The Balaban J connectivity index is 2.35. The Bertz CT molecular complexity index is 648. The van der Waals surface area contributed by atoms with Crippen LogP contribution >= 0.6 is 27.5 Å². The van der Waals surface area contributed by atoms with E-state index in [9.17, 15) is 4.79 Å². The maximum atomic E-state index is 12.5. The third-order valence-corrected chi connectivity index (χ3v) is 4.30. The monoisotopic (exact) mass is 365 g/mol. The number of carbonyl (C=O) groups excluding carboxylic acids is 1. The van der Waals surface area contributed by atoms with Gasteiger partial charge in [-0.1, -0.05) is 43.6 Å². The van der Waals surface area contributed by atoms with Gasteiger partial charge < -0.3 is 5.32 Å². The normalized spacial score (nSPS) is 10.5. The van der Waals surface area contributed by atoms with Crippen LogP contribution < -0.4 is 5.32 Å². The molecule has 0 unspecified atom stereocenters. The van der Waals surface area contributed by atoms with Gasteiger partial charge in [-0.3, -0.25) is 4.79 Å². The summed E-state index contributed by atoms with van der Waals surface area (Å²) in [6.45, 7) is 4.17. The van der Waals surface area contributed by atoms with E-state index >= 15 is 0 Å². The fourth-order valence-corrected chi connectivity index (χ4v) is 3.12. The van der Waals surface area contributed by atoms with Gasteiger partial charge in [0.25, 0.3) is 5.91 Å². The lowest BCUT2D eigenvalue weighted by molar-refractivity contribution is 0.102. The second-order valence-corrected chi connectivity index (χ2v) is 6.03. The predicted octanol–water partition coefficient (Wildman–Crippen LogP) is 5.48. The number of carbonyl (C=O) groups is 1. The molecule has 1 amide bonds. The summed E-state index contributed by atoms with van der Waals surface area (Å²) in [6.07, 6.45) is 1.76. The largest absolute Gasteiger partial charge is 0.321 e. The van der Waals surface area contributed by atoms with Gasteiger partial charge in [0.15, 0.2) is 0 Å². The average molecular weight is 367 g/mol. The number of hydrogen-bond acceptors (Lipinski definition) is 1. The molecule has 0 saturated heterocycles. The minimum absolute atomic E-state index is 0.130. The van der Waals surface area contributed by atoms with Crippen molar-refractivity contribution in [2.24, 2.45) is 0 Å². The summed E-state index contributed by atoms with van der Waals surface area (Å²) in [5.41, 5.74) is 3.79. The van der Waals surface area contributed by atoms with Gasteiger partial charge in [0, 0.05) is 15.2 Å². The molecular weight excluding hydrogens is 350 g/mol. The van der Waals surface area contributed by atoms with Crippen LogP contribution in [0.1, 0.15) is 35.3 Å². The van der Waals surface area contributed by atoms with Crippen molar-refractivity contribution < 1.29 is 4.79 Å². The molecule has 0 aliphatic rings. The van der Waals surface area contributed by atoms with Crippen LogP contribution in [0.25, 0.3) is 0 Å². The number of halogens is 2. The second kappa shape index (κ2) is 7.10. The Hall–Kier alpha value is -1.32. The quantitative estimate of drug-likeness (QED) is 0.762. The number of hydrogen-bond donors (Lipinski definition) is 1. The van der Waals surface area contributed by atoms with Crippen molar-refractivity contribution in [2.75, 3.05) is 5.32 Å². The lowest BCUT2D eigenvalue weighted by Crippen LogP contribution is -2.15. The highest BCUT2D eigenvalue weighted by molar-refractivity contribution is 9.10. The van der Waals surface area contributed by atoms with Gasteiger partial charge in [-0.25, -0.2) is 0 Å². The van der Waals surface area contributed by atoms with Crippen molar-refractivity contribution in [3.63, 3.8) is 0 Å². The number of benzene rings is 2. The molecule has 0 radical (unpaired) electrons. The van der Waals surface area contributed by atoms with Crippen molar-refractivity contribution in [2.45, 2.75) is 26.7 Å². The van der Waals surface area contributed by atoms with E-state index in [2.05, 4.69) is 35.1 Å². The molecule has 0 spiro atoms.